The van der Waals surface area contributed by atoms with E-state index in [0.717, 1.165) is 18.2 Å². The maximum atomic E-state index is 12.7. The van der Waals surface area contributed by atoms with E-state index in [9.17, 15) is 22.4 Å². The number of halogens is 5. The van der Waals surface area contributed by atoms with Crippen LogP contribution in [0.15, 0.2) is 22.7 Å². The lowest BCUT2D eigenvalue weighted by Gasteiger charge is -2.20. The predicted octanol–water partition coefficient (Wildman–Crippen LogP) is 3.71. The van der Waals surface area contributed by atoms with E-state index in [-0.39, 0.29) is 10.0 Å². The van der Waals surface area contributed by atoms with Gasteiger partial charge in [-0.3, -0.25) is 4.79 Å². The Kier molecular flexibility index (Phi) is 4.13. The van der Waals surface area contributed by atoms with Gasteiger partial charge in [-0.25, -0.2) is 4.39 Å². The van der Waals surface area contributed by atoms with Crippen molar-refractivity contribution >= 4 is 21.9 Å². The molecule has 0 saturated heterocycles. The van der Waals surface area contributed by atoms with Crippen molar-refractivity contribution in [1.82, 2.24) is 0 Å². The first-order chi connectivity index (χ1) is 7.71. The van der Waals surface area contributed by atoms with Gasteiger partial charge in [0.25, 0.3) is 0 Å². The van der Waals surface area contributed by atoms with Crippen LogP contribution < -0.4 is 0 Å². The molecule has 1 aromatic rings. The molecule has 0 heterocycles. The van der Waals surface area contributed by atoms with Crippen molar-refractivity contribution in [3.8, 4) is 0 Å². The molecule has 0 saturated carbocycles. The minimum Gasteiger partial charge on any atom is -0.481 e. The van der Waals surface area contributed by atoms with Crippen LogP contribution in [0.3, 0.4) is 0 Å². The maximum absolute atomic E-state index is 12.7. The Labute approximate surface area is 102 Å². The molecule has 1 rings (SSSR count). The van der Waals surface area contributed by atoms with Gasteiger partial charge in [0, 0.05) is 4.47 Å². The van der Waals surface area contributed by atoms with Crippen molar-refractivity contribution < 1.29 is 27.5 Å². The summed E-state index contributed by atoms with van der Waals surface area (Å²) in [5.41, 5.74) is -0.290. The van der Waals surface area contributed by atoms with E-state index in [1.165, 1.54) is 0 Å². The van der Waals surface area contributed by atoms with Gasteiger partial charge in [-0.15, -0.1) is 0 Å². The second-order valence-electron chi connectivity index (χ2n) is 3.36. The van der Waals surface area contributed by atoms with E-state index in [0.29, 0.717) is 0 Å². The largest absolute Gasteiger partial charge is 0.481 e. The number of rotatable bonds is 3. The Hall–Kier alpha value is -1.11. The average molecular weight is 315 g/mol. The number of carboxylic acid groups (broad SMARTS) is 1. The van der Waals surface area contributed by atoms with Gasteiger partial charge in [0.05, 0.1) is 12.3 Å². The topological polar surface area (TPSA) is 37.3 Å². The predicted molar refractivity (Wildman–Crippen MR) is 55.1 cm³/mol. The second kappa shape index (κ2) is 5.03. The summed E-state index contributed by atoms with van der Waals surface area (Å²) in [7, 11) is 0. The summed E-state index contributed by atoms with van der Waals surface area (Å²) in [5.74, 6) is -4.42. The zero-order valence-electron chi connectivity index (χ0n) is 8.26. The summed E-state index contributed by atoms with van der Waals surface area (Å²) < 4.78 is 50.7. The lowest BCUT2D eigenvalue weighted by atomic mass is 9.95. The van der Waals surface area contributed by atoms with Crippen LogP contribution >= 0.6 is 15.9 Å². The number of hydrogen-bond acceptors (Lipinski definition) is 1. The Morgan fingerprint density at radius 1 is 1.41 bits per heavy atom. The fourth-order valence-electron chi connectivity index (χ4n) is 1.36. The summed E-state index contributed by atoms with van der Waals surface area (Å²) >= 11 is 2.80. The molecule has 0 aliphatic heterocycles. The third-order valence-electron chi connectivity index (χ3n) is 2.11. The smallest absolute Gasteiger partial charge is 0.396 e. The Balaban J connectivity index is 3.17. The molecule has 17 heavy (non-hydrogen) atoms. The molecule has 2 nitrogen and oxygen atoms in total. The number of benzene rings is 1. The van der Waals surface area contributed by atoms with Crippen LogP contribution in [0.5, 0.6) is 0 Å². The SMILES string of the molecule is O=C(O)CC(c1ccc(F)cc1Br)C(F)(F)F. The quantitative estimate of drug-likeness (QED) is 0.864. The fraction of sp³-hybridized carbons (Fsp3) is 0.300. The summed E-state index contributed by atoms with van der Waals surface area (Å²) in [5, 5.41) is 8.46. The third kappa shape index (κ3) is 3.69. The highest BCUT2D eigenvalue weighted by atomic mass is 79.9. The van der Waals surface area contributed by atoms with Crippen LogP contribution in [0.1, 0.15) is 17.9 Å². The number of carboxylic acids is 1. The first-order valence-corrected chi connectivity index (χ1v) is 5.24. The van der Waals surface area contributed by atoms with Crippen molar-refractivity contribution in [3.63, 3.8) is 0 Å². The highest BCUT2D eigenvalue weighted by Gasteiger charge is 2.42. The van der Waals surface area contributed by atoms with E-state index >= 15 is 0 Å². The van der Waals surface area contributed by atoms with E-state index in [4.69, 9.17) is 5.11 Å². The zero-order valence-corrected chi connectivity index (χ0v) is 9.85. The summed E-state index contributed by atoms with van der Waals surface area (Å²) in [6, 6.07) is 2.66. The van der Waals surface area contributed by atoms with Gasteiger partial charge in [0.15, 0.2) is 0 Å². The van der Waals surface area contributed by atoms with Crippen LogP contribution in [-0.4, -0.2) is 17.3 Å². The molecule has 94 valence electrons. The van der Waals surface area contributed by atoms with E-state index in [1.807, 2.05) is 0 Å². The second-order valence-corrected chi connectivity index (χ2v) is 4.21. The van der Waals surface area contributed by atoms with Crippen molar-refractivity contribution in [2.45, 2.75) is 18.5 Å². The first kappa shape index (κ1) is 14.0. The zero-order chi connectivity index (χ0) is 13.2. The Bertz CT molecular complexity index is 431. The van der Waals surface area contributed by atoms with Gasteiger partial charge in [0.1, 0.15) is 5.82 Å². The number of aliphatic carboxylic acids is 1. The van der Waals surface area contributed by atoms with Gasteiger partial charge >= 0.3 is 12.1 Å². The molecule has 0 amide bonds. The molecule has 1 aromatic carbocycles. The Morgan fingerprint density at radius 3 is 2.41 bits per heavy atom. The molecule has 0 aromatic heterocycles. The molecule has 1 N–H and O–H groups in total. The molecule has 0 bridgehead atoms. The van der Waals surface area contributed by atoms with Gasteiger partial charge in [-0.1, -0.05) is 22.0 Å². The monoisotopic (exact) mass is 314 g/mol. The molecule has 0 spiro atoms. The highest BCUT2D eigenvalue weighted by Crippen LogP contribution is 2.40. The first-order valence-electron chi connectivity index (χ1n) is 4.45. The highest BCUT2D eigenvalue weighted by molar-refractivity contribution is 9.10. The normalized spacial score (nSPS) is 13.5. The summed E-state index contributed by atoms with van der Waals surface area (Å²) in [6.45, 7) is 0. The van der Waals surface area contributed by atoms with Gasteiger partial charge in [0.2, 0.25) is 0 Å². The number of hydrogen-bond donors (Lipinski definition) is 1. The number of carbonyl (C=O) groups is 1. The average Bonchev–Trinajstić information content (AvgIpc) is 2.13. The van der Waals surface area contributed by atoms with E-state index in [1.54, 1.807) is 0 Å². The van der Waals surface area contributed by atoms with Crippen molar-refractivity contribution in [1.29, 1.82) is 0 Å². The third-order valence-corrected chi connectivity index (χ3v) is 2.80. The standard InChI is InChI=1S/C10H7BrF4O2/c11-8-3-5(12)1-2-6(8)7(4-9(16)17)10(13,14)15/h1-3,7H,4H2,(H,16,17). The molecule has 0 fully saturated rings. The summed E-state index contributed by atoms with van der Waals surface area (Å²) in [4.78, 5) is 10.4. The molecule has 7 heteroatoms. The molecule has 1 unspecified atom stereocenters. The van der Waals surface area contributed by atoms with Gasteiger partial charge < -0.3 is 5.11 Å². The van der Waals surface area contributed by atoms with Gasteiger partial charge in [-0.05, 0) is 17.7 Å². The van der Waals surface area contributed by atoms with Crippen molar-refractivity contribution in [2.24, 2.45) is 0 Å². The molecule has 1 atom stereocenters. The van der Waals surface area contributed by atoms with Gasteiger partial charge in [-0.2, -0.15) is 13.2 Å². The van der Waals surface area contributed by atoms with Crippen molar-refractivity contribution in [3.05, 3.63) is 34.1 Å². The summed E-state index contributed by atoms with van der Waals surface area (Å²) in [6.07, 6.45) is -5.79. The molecule has 0 radical (unpaired) electrons. The maximum Gasteiger partial charge on any atom is 0.396 e. The minimum absolute atomic E-state index is 0.0962. The van der Waals surface area contributed by atoms with Crippen LogP contribution in [-0.2, 0) is 4.79 Å². The molecular weight excluding hydrogens is 308 g/mol. The van der Waals surface area contributed by atoms with E-state index in [2.05, 4.69) is 15.9 Å². The van der Waals surface area contributed by atoms with Crippen molar-refractivity contribution in [2.75, 3.05) is 0 Å². The molecule has 0 aliphatic rings. The fourth-order valence-corrected chi connectivity index (χ4v) is 1.99. The van der Waals surface area contributed by atoms with E-state index < -0.39 is 30.3 Å². The lowest BCUT2D eigenvalue weighted by molar-refractivity contribution is -0.163. The molecule has 0 aliphatic carbocycles. The molecular formula is C10H7BrF4O2. The minimum atomic E-state index is -4.70. The van der Waals surface area contributed by atoms with Crippen LogP contribution in [0.25, 0.3) is 0 Å². The van der Waals surface area contributed by atoms with Crippen LogP contribution in [0.4, 0.5) is 17.6 Å². The lowest BCUT2D eigenvalue weighted by Crippen LogP contribution is -2.24. The number of alkyl halides is 3. The van der Waals surface area contributed by atoms with Crippen LogP contribution in [0.2, 0.25) is 0 Å². The Morgan fingerprint density at radius 2 is 2.00 bits per heavy atom. The van der Waals surface area contributed by atoms with Crippen LogP contribution in [0, 0.1) is 5.82 Å².